The Kier molecular flexibility index (Phi) is 6.18. The number of benzene rings is 1. The first-order chi connectivity index (χ1) is 11.5. The molecule has 2 rings (SSSR count). The maximum atomic E-state index is 12.0. The molecular weight excluding hydrogens is 304 g/mol. The zero-order valence-electron chi connectivity index (χ0n) is 14.3. The highest BCUT2D eigenvalue weighted by atomic mass is 16.5. The molecule has 24 heavy (non-hydrogen) atoms. The lowest BCUT2D eigenvalue weighted by Crippen LogP contribution is -2.42. The molecule has 1 amide bonds. The van der Waals surface area contributed by atoms with Crippen LogP contribution in [0.1, 0.15) is 25.8 Å². The Morgan fingerprint density at radius 3 is 2.75 bits per heavy atom. The molecule has 1 heterocycles. The topological polar surface area (TPSA) is 71.2 Å². The number of esters is 1. The lowest BCUT2D eigenvalue weighted by Gasteiger charge is -2.15. The number of para-hydroxylation sites is 1. The van der Waals surface area contributed by atoms with Gasteiger partial charge in [0.15, 0.2) is 0 Å². The molecule has 5 heteroatoms. The van der Waals surface area contributed by atoms with Gasteiger partial charge in [0.25, 0.3) is 0 Å². The van der Waals surface area contributed by atoms with E-state index in [1.807, 2.05) is 36.5 Å². The van der Waals surface area contributed by atoms with Crippen LogP contribution in [0.5, 0.6) is 0 Å². The monoisotopic (exact) mass is 328 g/mol. The van der Waals surface area contributed by atoms with Crippen molar-refractivity contribution in [1.29, 1.82) is 0 Å². The molecule has 1 atom stereocenters. The van der Waals surface area contributed by atoms with E-state index in [1.165, 1.54) is 13.2 Å². The van der Waals surface area contributed by atoms with Crippen molar-refractivity contribution in [3.05, 3.63) is 48.2 Å². The summed E-state index contributed by atoms with van der Waals surface area (Å²) in [5, 5.41) is 3.77. The van der Waals surface area contributed by atoms with Gasteiger partial charge in [-0.3, -0.25) is 4.79 Å². The van der Waals surface area contributed by atoms with Crippen molar-refractivity contribution in [3.63, 3.8) is 0 Å². The number of aromatic amines is 1. The first-order valence-electron chi connectivity index (χ1n) is 8.11. The average Bonchev–Trinajstić information content (AvgIpc) is 2.96. The summed E-state index contributed by atoms with van der Waals surface area (Å²) in [7, 11) is 1.32. The van der Waals surface area contributed by atoms with Gasteiger partial charge in [-0.1, -0.05) is 38.1 Å². The van der Waals surface area contributed by atoms with E-state index in [9.17, 15) is 9.59 Å². The average molecular weight is 328 g/mol. The molecule has 1 unspecified atom stereocenters. The molecule has 1 aromatic carbocycles. The Hall–Kier alpha value is -2.56. The number of hydrogen-bond acceptors (Lipinski definition) is 3. The second-order valence-electron chi connectivity index (χ2n) is 6.18. The Morgan fingerprint density at radius 2 is 2.04 bits per heavy atom. The maximum Gasteiger partial charge on any atom is 0.328 e. The first kappa shape index (κ1) is 17.8. The van der Waals surface area contributed by atoms with E-state index < -0.39 is 12.0 Å². The second kappa shape index (κ2) is 8.34. The lowest BCUT2D eigenvalue weighted by atomic mass is 10.0. The number of H-pyrrole nitrogens is 1. The zero-order chi connectivity index (χ0) is 17.5. The molecular formula is C19H24N2O3. The fourth-order valence-corrected chi connectivity index (χ4v) is 2.52. The predicted molar refractivity (Wildman–Crippen MR) is 94.5 cm³/mol. The van der Waals surface area contributed by atoms with Crippen LogP contribution in [0.15, 0.2) is 42.6 Å². The van der Waals surface area contributed by atoms with Crippen molar-refractivity contribution < 1.29 is 14.3 Å². The Labute approximate surface area is 142 Å². The number of nitrogens with one attached hydrogen (secondary N) is 2. The molecule has 0 bridgehead atoms. The van der Waals surface area contributed by atoms with Crippen LogP contribution in [0.3, 0.4) is 0 Å². The van der Waals surface area contributed by atoms with Crippen LogP contribution in [0.25, 0.3) is 10.9 Å². The van der Waals surface area contributed by atoms with E-state index in [2.05, 4.69) is 24.1 Å². The molecule has 0 saturated carbocycles. The molecule has 0 aliphatic rings. The molecule has 128 valence electrons. The van der Waals surface area contributed by atoms with Gasteiger partial charge in [0.1, 0.15) is 6.04 Å². The number of amides is 1. The fourth-order valence-electron chi connectivity index (χ4n) is 2.52. The summed E-state index contributed by atoms with van der Waals surface area (Å²) < 4.78 is 4.83. The maximum absolute atomic E-state index is 12.0. The van der Waals surface area contributed by atoms with Gasteiger partial charge in [-0.2, -0.15) is 0 Å². The van der Waals surface area contributed by atoms with Crippen molar-refractivity contribution in [3.8, 4) is 0 Å². The third-order valence-electron chi connectivity index (χ3n) is 3.78. The number of ether oxygens (including phenoxy) is 1. The third kappa shape index (κ3) is 4.72. The van der Waals surface area contributed by atoms with Crippen molar-refractivity contribution in [2.24, 2.45) is 5.92 Å². The first-order valence-corrected chi connectivity index (χ1v) is 8.11. The molecule has 0 radical (unpaired) electrons. The molecule has 1 aromatic heterocycles. The number of fused-ring (bicyclic) bond motifs is 1. The quantitative estimate of drug-likeness (QED) is 0.606. The molecule has 0 spiro atoms. The summed E-state index contributed by atoms with van der Waals surface area (Å²) in [6.07, 6.45) is 6.35. The second-order valence-corrected chi connectivity index (χ2v) is 6.18. The molecule has 2 N–H and O–H groups in total. The van der Waals surface area contributed by atoms with Gasteiger partial charge in [0.05, 0.1) is 7.11 Å². The number of carbonyl (C=O) groups excluding carboxylic acids is 2. The third-order valence-corrected chi connectivity index (χ3v) is 3.78. The van der Waals surface area contributed by atoms with E-state index in [0.717, 1.165) is 22.9 Å². The number of allylic oxidation sites excluding steroid dienone is 1. The number of hydrogen-bond donors (Lipinski definition) is 2. The van der Waals surface area contributed by atoms with Gasteiger partial charge >= 0.3 is 5.97 Å². The molecule has 5 nitrogen and oxygen atoms in total. The summed E-state index contributed by atoms with van der Waals surface area (Å²) in [6.45, 7) is 4.16. The van der Waals surface area contributed by atoms with E-state index in [-0.39, 0.29) is 5.91 Å². The molecule has 0 aliphatic carbocycles. The predicted octanol–water partition coefficient (Wildman–Crippen LogP) is 2.97. The van der Waals surface area contributed by atoms with E-state index in [1.54, 1.807) is 0 Å². The minimum atomic E-state index is -0.717. The van der Waals surface area contributed by atoms with Gasteiger partial charge in [0, 0.05) is 23.5 Å². The SMILES string of the molecule is COC(=O)C(Cc1c[nH]c2ccccc12)NC(=O)C=CCC(C)C. The zero-order valence-corrected chi connectivity index (χ0v) is 14.3. The Bertz CT molecular complexity index is 731. The highest BCUT2D eigenvalue weighted by Crippen LogP contribution is 2.19. The van der Waals surface area contributed by atoms with Crippen LogP contribution in [0.4, 0.5) is 0 Å². The lowest BCUT2D eigenvalue weighted by molar-refractivity contribution is -0.144. The minimum Gasteiger partial charge on any atom is -0.467 e. The van der Waals surface area contributed by atoms with Crippen LogP contribution >= 0.6 is 0 Å². The summed E-state index contributed by atoms with van der Waals surface area (Å²) in [5.74, 6) is -0.256. The van der Waals surface area contributed by atoms with Crippen molar-refractivity contribution in [2.45, 2.75) is 32.7 Å². The van der Waals surface area contributed by atoms with Crippen LogP contribution in [-0.2, 0) is 20.7 Å². The number of rotatable bonds is 7. The Morgan fingerprint density at radius 1 is 1.29 bits per heavy atom. The van der Waals surface area contributed by atoms with Crippen LogP contribution < -0.4 is 5.32 Å². The molecule has 0 aliphatic heterocycles. The van der Waals surface area contributed by atoms with Gasteiger partial charge in [0.2, 0.25) is 5.91 Å². The summed E-state index contributed by atoms with van der Waals surface area (Å²) in [4.78, 5) is 27.2. The van der Waals surface area contributed by atoms with Gasteiger partial charge < -0.3 is 15.0 Å². The normalized spacial score (nSPS) is 12.7. The standard InChI is InChI=1S/C19H24N2O3/c1-13(2)7-6-10-18(22)21-17(19(23)24-3)11-14-12-20-16-9-5-4-8-15(14)16/h4-6,8-10,12-13,17,20H,7,11H2,1-3H3,(H,21,22). The van der Waals surface area contributed by atoms with E-state index >= 15 is 0 Å². The van der Waals surface area contributed by atoms with Crippen molar-refractivity contribution >= 4 is 22.8 Å². The minimum absolute atomic E-state index is 0.286. The van der Waals surface area contributed by atoms with Crippen LogP contribution in [0, 0.1) is 5.92 Å². The van der Waals surface area contributed by atoms with Crippen LogP contribution in [0.2, 0.25) is 0 Å². The summed E-state index contributed by atoms with van der Waals surface area (Å²) >= 11 is 0. The van der Waals surface area contributed by atoms with Gasteiger partial charge in [-0.25, -0.2) is 4.79 Å². The highest BCUT2D eigenvalue weighted by molar-refractivity contribution is 5.92. The Balaban J connectivity index is 2.10. The smallest absolute Gasteiger partial charge is 0.328 e. The molecule has 0 fully saturated rings. The number of methoxy groups -OCH3 is 1. The van der Waals surface area contributed by atoms with Crippen LogP contribution in [-0.4, -0.2) is 30.0 Å². The van der Waals surface area contributed by atoms with E-state index in [4.69, 9.17) is 4.74 Å². The highest BCUT2D eigenvalue weighted by Gasteiger charge is 2.22. The van der Waals surface area contributed by atoms with Gasteiger partial charge in [-0.15, -0.1) is 0 Å². The largest absolute Gasteiger partial charge is 0.467 e. The van der Waals surface area contributed by atoms with Crippen molar-refractivity contribution in [2.75, 3.05) is 7.11 Å². The summed E-state index contributed by atoms with van der Waals surface area (Å²) in [6, 6.07) is 7.13. The van der Waals surface area contributed by atoms with Gasteiger partial charge in [-0.05, 0) is 30.0 Å². The number of carbonyl (C=O) groups is 2. The number of aromatic nitrogens is 1. The summed E-state index contributed by atoms with van der Waals surface area (Å²) in [5.41, 5.74) is 1.96. The van der Waals surface area contributed by atoms with E-state index in [0.29, 0.717) is 12.3 Å². The fraction of sp³-hybridized carbons (Fsp3) is 0.368. The van der Waals surface area contributed by atoms with Crippen molar-refractivity contribution in [1.82, 2.24) is 10.3 Å². The molecule has 2 aromatic rings. The molecule has 0 saturated heterocycles.